The summed E-state index contributed by atoms with van der Waals surface area (Å²) in [6.45, 7) is 12.8. The minimum atomic E-state index is 0.0855. The minimum absolute atomic E-state index is 0.0855. The van der Waals surface area contributed by atoms with E-state index in [4.69, 9.17) is 0 Å². The molecule has 0 aromatic carbocycles. The number of rotatable bonds is 7. The van der Waals surface area contributed by atoms with Gasteiger partial charge in [-0.05, 0) is 43.4 Å². The Morgan fingerprint density at radius 3 is 2.32 bits per heavy atom. The van der Waals surface area contributed by atoms with Crippen LogP contribution in [0.15, 0.2) is 0 Å². The van der Waals surface area contributed by atoms with Crippen molar-refractivity contribution < 1.29 is 5.11 Å². The van der Waals surface area contributed by atoms with Gasteiger partial charge >= 0.3 is 0 Å². The number of aliphatic hydroxyl groups is 1. The maximum absolute atomic E-state index is 9.69. The molecule has 1 fully saturated rings. The largest absolute Gasteiger partial charge is 0.396 e. The minimum Gasteiger partial charge on any atom is -0.396 e. The first-order valence-corrected chi connectivity index (χ1v) is 8.32. The number of hydrogen-bond acceptors (Lipinski definition) is 2. The van der Waals surface area contributed by atoms with Gasteiger partial charge in [0.25, 0.3) is 0 Å². The summed E-state index contributed by atoms with van der Waals surface area (Å²) < 4.78 is 0. The van der Waals surface area contributed by atoms with E-state index in [1.807, 2.05) is 0 Å². The highest BCUT2D eigenvalue weighted by Crippen LogP contribution is 2.34. The summed E-state index contributed by atoms with van der Waals surface area (Å²) in [5, 5.41) is 13.5. The molecular weight excluding hydrogens is 234 g/mol. The first-order chi connectivity index (χ1) is 8.98. The van der Waals surface area contributed by atoms with Crippen molar-refractivity contribution in [2.24, 2.45) is 23.2 Å². The normalized spacial score (nSPS) is 28.9. The van der Waals surface area contributed by atoms with E-state index in [9.17, 15) is 5.11 Å². The van der Waals surface area contributed by atoms with Crippen molar-refractivity contribution in [3.63, 3.8) is 0 Å². The third kappa shape index (κ3) is 4.46. The maximum atomic E-state index is 9.69. The lowest BCUT2D eigenvalue weighted by atomic mass is 9.73. The molecule has 114 valence electrons. The molecule has 0 aromatic rings. The second-order valence-corrected chi connectivity index (χ2v) is 7.18. The Morgan fingerprint density at radius 1 is 1.21 bits per heavy atom. The zero-order valence-electron chi connectivity index (χ0n) is 13.7. The molecule has 0 spiro atoms. The van der Waals surface area contributed by atoms with Gasteiger partial charge in [0.2, 0.25) is 0 Å². The molecule has 2 N–H and O–H groups in total. The van der Waals surface area contributed by atoms with Gasteiger partial charge in [-0.2, -0.15) is 0 Å². The molecule has 1 rings (SSSR count). The van der Waals surface area contributed by atoms with Crippen LogP contribution in [0.25, 0.3) is 0 Å². The van der Waals surface area contributed by atoms with Gasteiger partial charge in [-0.25, -0.2) is 0 Å². The third-order valence-corrected chi connectivity index (χ3v) is 5.60. The van der Waals surface area contributed by atoms with Crippen LogP contribution in [-0.2, 0) is 0 Å². The van der Waals surface area contributed by atoms with Crippen LogP contribution in [0.2, 0.25) is 0 Å². The standard InChI is InChI=1S/C17H35NO/c1-6-17(7-2,12-19)11-18-16-10-14(5)8-9-15(16)13(3)4/h13-16,18-19H,6-12H2,1-5H3. The Kier molecular flexibility index (Phi) is 6.82. The molecule has 3 unspecified atom stereocenters. The summed E-state index contributed by atoms with van der Waals surface area (Å²) in [5.41, 5.74) is 0.0855. The molecule has 0 radical (unpaired) electrons. The van der Waals surface area contributed by atoms with Crippen molar-refractivity contribution in [1.82, 2.24) is 5.32 Å². The van der Waals surface area contributed by atoms with E-state index in [1.165, 1.54) is 19.3 Å². The van der Waals surface area contributed by atoms with E-state index >= 15 is 0 Å². The predicted octanol–water partition coefficient (Wildman–Crippen LogP) is 3.84. The summed E-state index contributed by atoms with van der Waals surface area (Å²) in [4.78, 5) is 0. The van der Waals surface area contributed by atoms with E-state index in [1.54, 1.807) is 0 Å². The fraction of sp³-hybridized carbons (Fsp3) is 1.00. The van der Waals surface area contributed by atoms with Crippen LogP contribution in [0.4, 0.5) is 0 Å². The van der Waals surface area contributed by atoms with Crippen molar-refractivity contribution >= 4 is 0 Å². The van der Waals surface area contributed by atoms with Crippen LogP contribution < -0.4 is 5.32 Å². The summed E-state index contributed by atoms with van der Waals surface area (Å²) in [7, 11) is 0. The van der Waals surface area contributed by atoms with E-state index in [2.05, 4.69) is 39.9 Å². The van der Waals surface area contributed by atoms with Crippen molar-refractivity contribution in [3.05, 3.63) is 0 Å². The SMILES string of the molecule is CCC(CC)(CO)CNC1CC(C)CCC1C(C)C. The first kappa shape index (κ1) is 17.0. The number of nitrogens with one attached hydrogen (secondary N) is 1. The molecular formula is C17H35NO. The molecule has 1 aliphatic rings. The van der Waals surface area contributed by atoms with Gasteiger partial charge in [-0.3, -0.25) is 0 Å². The number of aliphatic hydroxyl groups excluding tert-OH is 1. The van der Waals surface area contributed by atoms with Gasteiger partial charge < -0.3 is 10.4 Å². The van der Waals surface area contributed by atoms with Crippen molar-refractivity contribution in [1.29, 1.82) is 0 Å². The van der Waals surface area contributed by atoms with Crippen molar-refractivity contribution in [2.75, 3.05) is 13.2 Å². The van der Waals surface area contributed by atoms with Gasteiger partial charge in [0.1, 0.15) is 0 Å². The zero-order chi connectivity index (χ0) is 14.5. The molecule has 2 heteroatoms. The molecule has 0 bridgehead atoms. The molecule has 0 saturated heterocycles. The Morgan fingerprint density at radius 2 is 1.84 bits per heavy atom. The van der Waals surface area contributed by atoms with E-state index < -0.39 is 0 Å². The van der Waals surface area contributed by atoms with Crippen LogP contribution in [-0.4, -0.2) is 24.3 Å². The average molecular weight is 269 g/mol. The Labute approximate surface area is 120 Å². The topological polar surface area (TPSA) is 32.3 Å². The summed E-state index contributed by atoms with van der Waals surface area (Å²) >= 11 is 0. The zero-order valence-corrected chi connectivity index (χ0v) is 13.7. The van der Waals surface area contributed by atoms with Gasteiger partial charge in [0, 0.05) is 24.6 Å². The van der Waals surface area contributed by atoms with Crippen molar-refractivity contribution in [3.8, 4) is 0 Å². The molecule has 19 heavy (non-hydrogen) atoms. The summed E-state index contributed by atoms with van der Waals surface area (Å²) in [6.07, 6.45) is 6.16. The highest BCUT2D eigenvalue weighted by Gasteiger charge is 2.33. The highest BCUT2D eigenvalue weighted by atomic mass is 16.3. The van der Waals surface area contributed by atoms with Gasteiger partial charge in [0.05, 0.1) is 0 Å². The highest BCUT2D eigenvalue weighted by molar-refractivity contribution is 4.88. The molecule has 3 atom stereocenters. The van der Waals surface area contributed by atoms with E-state index in [0.717, 1.165) is 37.1 Å². The Bertz CT molecular complexity index is 239. The molecule has 1 aliphatic carbocycles. The summed E-state index contributed by atoms with van der Waals surface area (Å²) in [5.74, 6) is 2.41. The van der Waals surface area contributed by atoms with Crippen LogP contribution in [0.3, 0.4) is 0 Å². The molecule has 0 heterocycles. The Balaban J connectivity index is 2.61. The lowest BCUT2D eigenvalue weighted by Gasteiger charge is -2.40. The van der Waals surface area contributed by atoms with Crippen molar-refractivity contribution in [2.45, 2.75) is 72.8 Å². The fourth-order valence-electron chi connectivity index (χ4n) is 3.56. The lowest BCUT2D eigenvalue weighted by Crippen LogP contribution is -2.48. The summed E-state index contributed by atoms with van der Waals surface area (Å²) in [6, 6.07) is 0.646. The second kappa shape index (κ2) is 7.64. The second-order valence-electron chi connectivity index (χ2n) is 7.18. The average Bonchev–Trinajstić information content (AvgIpc) is 2.40. The smallest absolute Gasteiger partial charge is 0.0499 e. The molecule has 2 nitrogen and oxygen atoms in total. The Hall–Kier alpha value is -0.0800. The van der Waals surface area contributed by atoms with Crippen LogP contribution in [0.1, 0.15) is 66.7 Å². The lowest BCUT2D eigenvalue weighted by molar-refractivity contribution is 0.0922. The van der Waals surface area contributed by atoms with Gasteiger partial charge in [0.15, 0.2) is 0 Å². The predicted molar refractivity (Wildman–Crippen MR) is 83.2 cm³/mol. The van der Waals surface area contributed by atoms with Gasteiger partial charge in [-0.15, -0.1) is 0 Å². The first-order valence-electron chi connectivity index (χ1n) is 8.32. The van der Waals surface area contributed by atoms with Crippen LogP contribution in [0.5, 0.6) is 0 Å². The third-order valence-electron chi connectivity index (χ3n) is 5.60. The molecule has 0 amide bonds. The fourth-order valence-corrected chi connectivity index (χ4v) is 3.56. The molecule has 0 aliphatic heterocycles. The van der Waals surface area contributed by atoms with E-state index in [-0.39, 0.29) is 5.41 Å². The molecule has 1 saturated carbocycles. The van der Waals surface area contributed by atoms with E-state index in [0.29, 0.717) is 12.6 Å². The van der Waals surface area contributed by atoms with Crippen LogP contribution >= 0.6 is 0 Å². The maximum Gasteiger partial charge on any atom is 0.0499 e. The molecule has 0 aromatic heterocycles. The number of hydrogen-bond donors (Lipinski definition) is 2. The monoisotopic (exact) mass is 269 g/mol. The quantitative estimate of drug-likeness (QED) is 0.736. The van der Waals surface area contributed by atoms with Gasteiger partial charge in [-0.1, -0.05) is 41.0 Å². The van der Waals surface area contributed by atoms with Crippen LogP contribution in [0, 0.1) is 23.2 Å².